The molecule has 0 unspecified atom stereocenters. The predicted octanol–water partition coefficient (Wildman–Crippen LogP) is 2.73. The molecule has 0 aliphatic carbocycles. The van der Waals surface area contributed by atoms with Gasteiger partial charge in [-0.25, -0.2) is 4.98 Å². The van der Waals surface area contributed by atoms with E-state index < -0.39 is 5.91 Å². The molecule has 21 heavy (non-hydrogen) atoms. The number of rotatable bonds is 4. The topological polar surface area (TPSA) is 81.0 Å². The molecule has 0 saturated carbocycles. The molecule has 1 heterocycles. The number of nitrogens with one attached hydrogen (secondary N) is 1. The number of carbonyl (C=O) groups excluding carboxylic acids is 1. The number of fused-ring (bicyclic) bond motifs is 1. The van der Waals surface area contributed by atoms with Gasteiger partial charge in [0.2, 0.25) is 0 Å². The van der Waals surface area contributed by atoms with Crippen LogP contribution in [0.3, 0.4) is 0 Å². The van der Waals surface area contributed by atoms with Gasteiger partial charge >= 0.3 is 0 Å². The highest BCUT2D eigenvalue weighted by Crippen LogP contribution is 2.24. The first-order valence-corrected chi connectivity index (χ1v) is 6.71. The Morgan fingerprint density at radius 1 is 1.24 bits per heavy atom. The summed E-state index contributed by atoms with van der Waals surface area (Å²) in [6, 6.07) is 12.9. The third-order valence-corrected chi connectivity index (χ3v) is 3.22. The van der Waals surface area contributed by atoms with Crippen LogP contribution >= 0.6 is 0 Å². The van der Waals surface area contributed by atoms with E-state index in [0.29, 0.717) is 23.5 Å². The second kappa shape index (κ2) is 5.28. The fourth-order valence-electron chi connectivity index (χ4n) is 2.24. The Bertz CT molecular complexity index is 791. The number of nitrogens with two attached hydrogens (primary N) is 1. The number of aromatic nitrogens is 2. The summed E-state index contributed by atoms with van der Waals surface area (Å²) in [6.07, 6.45) is 0. The Kier molecular flexibility index (Phi) is 3.31. The summed E-state index contributed by atoms with van der Waals surface area (Å²) >= 11 is 0. The van der Waals surface area contributed by atoms with Gasteiger partial charge in [-0.1, -0.05) is 6.07 Å². The summed E-state index contributed by atoms with van der Waals surface area (Å²) in [5.74, 6) is 1.03. The highest BCUT2D eigenvalue weighted by Gasteiger charge is 2.11. The van der Waals surface area contributed by atoms with E-state index in [1.165, 1.54) is 0 Å². The number of nitrogens with zero attached hydrogens (tertiary/aromatic N) is 1. The number of ether oxygens (including phenoxy) is 1. The zero-order valence-electron chi connectivity index (χ0n) is 11.6. The molecule has 1 aromatic heterocycles. The fraction of sp³-hybridized carbons (Fsp3) is 0.125. The van der Waals surface area contributed by atoms with Crippen molar-refractivity contribution in [2.45, 2.75) is 6.92 Å². The second-order valence-corrected chi connectivity index (χ2v) is 4.61. The van der Waals surface area contributed by atoms with E-state index in [9.17, 15) is 4.79 Å². The van der Waals surface area contributed by atoms with E-state index in [0.717, 1.165) is 16.8 Å². The van der Waals surface area contributed by atoms with Gasteiger partial charge in [0.05, 0.1) is 17.7 Å². The summed E-state index contributed by atoms with van der Waals surface area (Å²) in [6.45, 7) is 2.57. The lowest BCUT2D eigenvalue weighted by Gasteiger charge is -2.02. The molecule has 2 aromatic carbocycles. The van der Waals surface area contributed by atoms with E-state index in [4.69, 9.17) is 10.5 Å². The standard InChI is InChI=1S/C16H15N3O2/c1-2-21-11-8-6-10(7-9-11)16-18-13-5-3-4-12(15(17)20)14(13)19-16/h3-9H,2H2,1H3,(H2,17,20)(H,18,19). The van der Waals surface area contributed by atoms with Crippen LogP contribution < -0.4 is 10.5 Å². The first-order chi connectivity index (χ1) is 10.2. The second-order valence-electron chi connectivity index (χ2n) is 4.61. The number of H-pyrrole nitrogens is 1. The number of hydrogen-bond donors (Lipinski definition) is 2. The molecule has 0 aliphatic heterocycles. The number of hydrogen-bond acceptors (Lipinski definition) is 3. The van der Waals surface area contributed by atoms with Crippen molar-refractivity contribution in [1.29, 1.82) is 0 Å². The molecule has 106 valence electrons. The van der Waals surface area contributed by atoms with Crippen molar-refractivity contribution in [3.05, 3.63) is 48.0 Å². The molecule has 0 radical (unpaired) electrons. The maximum Gasteiger partial charge on any atom is 0.250 e. The molecule has 0 atom stereocenters. The van der Waals surface area contributed by atoms with E-state index in [1.807, 2.05) is 37.3 Å². The number of benzene rings is 2. The summed E-state index contributed by atoms with van der Waals surface area (Å²) < 4.78 is 5.41. The van der Waals surface area contributed by atoms with Gasteiger partial charge < -0.3 is 15.5 Å². The molecule has 0 spiro atoms. The molecule has 5 heteroatoms. The molecular formula is C16H15N3O2. The molecule has 0 aliphatic rings. The highest BCUT2D eigenvalue weighted by atomic mass is 16.5. The maximum absolute atomic E-state index is 11.4. The predicted molar refractivity (Wildman–Crippen MR) is 81.2 cm³/mol. The quantitative estimate of drug-likeness (QED) is 0.771. The number of aromatic amines is 1. The maximum atomic E-state index is 11.4. The van der Waals surface area contributed by atoms with Crippen molar-refractivity contribution in [3.63, 3.8) is 0 Å². The molecule has 3 aromatic rings. The Hall–Kier alpha value is -2.82. The van der Waals surface area contributed by atoms with E-state index in [-0.39, 0.29) is 0 Å². The SMILES string of the molecule is CCOc1ccc(-c2nc3c(C(N)=O)cccc3[nH]2)cc1. The fourth-order valence-corrected chi connectivity index (χ4v) is 2.24. The van der Waals surface area contributed by atoms with Crippen molar-refractivity contribution in [2.75, 3.05) is 6.61 Å². The normalized spacial score (nSPS) is 10.7. The first-order valence-electron chi connectivity index (χ1n) is 6.71. The van der Waals surface area contributed by atoms with Gasteiger partial charge in [-0.3, -0.25) is 4.79 Å². The largest absolute Gasteiger partial charge is 0.494 e. The van der Waals surface area contributed by atoms with E-state index in [2.05, 4.69) is 9.97 Å². The average molecular weight is 281 g/mol. The van der Waals surface area contributed by atoms with Crippen LogP contribution in [0.5, 0.6) is 5.75 Å². The van der Waals surface area contributed by atoms with Crippen molar-refractivity contribution < 1.29 is 9.53 Å². The monoisotopic (exact) mass is 281 g/mol. The van der Waals surface area contributed by atoms with Crippen molar-refractivity contribution in [3.8, 4) is 17.1 Å². The van der Waals surface area contributed by atoms with Crippen molar-refractivity contribution >= 4 is 16.9 Å². The van der Waals surface area contributed by atoms with Crippen molar-refractivity contribution in [1.82, 2.24) is 9.97 Å². The van der Waals surface area contributed by atoms with Crippen LogP contribution in [0.1, 0.15) is 17.3 Å². The van der Waals surface area contributed by atoms with Crippen LogP contribution in [-0.2, 0) is 0 Å². The lowest BCUT2D eigenvalue weighted by Crippen LogP contribution is -2.11. The van der Waals surface area contributed by atoms with Gasteiger partial charge in [-0.2, -0.15) is 0 Å². The Morgan fingerprint density at radius 3 is 2.67 bits per heavy atom. The molecule has 3 N–H and O–H groups in total. The highest BCUT2D eigenvalue weighted by molar-refractivity contribution is 6.04. The van der Waals surface area contributed by atoms with Crippen LogP contribution in [0, 0.1) is 0 Å². The number of carbonyl (C=O) groups is 1. The third-order valence-electron chi connectivity index (χ3n) is 3.22. The van der Waals surface area contributed by atoms with Crippen LogP contribution in [0.4, 0.5) is 0 Å². The molecular weight excluding hydrogens is 266 g/mol. The zero-order chi connectivity index (χ0) is 14.8. The minimum absolute atomic E-state index is 0.418. The molecule has 0 fully saturated rings. The number of imidazole rings is 1. The Balaban J connectivity index is 2.04. The zero-order valence-corrected chi connectivity index (χ0v) is 11.6. The minimum Gasteiger partial charge on any atom is -0.494 e. The van der Waals surface area contributed by atoms with Crippen LogP contribution in [0.15, 0.2) is 42.5 Å². The van der Waals surface area contributed by atoms with Gasteiger partial charge in [-0.05, 0) is 43.3 Å². The average Bonchev–Trinajstić information content (AvgIpc) is 2.92. The van der Waals surface area contributed by atoms with Gasteiger partial charge in [0.25, 0.3) is 5.91 Å². The lowest BCUT2D eigenvalue weighted by atomic mass is 10.2. The Morgan fingerprint density at radius 2 is 2.00 bits per heavy atom. The van der Waals surface area contributed by atoms with Gasteiger partial charge in [0, 0.05) is 5.56 Å². The van der Waals surface area contributed by atoms with Gasteiger partial charge in [-0.15, -0.1) is 0 Å². The lowest BCUT2D eigenvalue weighted by molar-refractivity contribution is 0.100. The molecule has 0 bridgehead atoms. The molecule has 0 saturated heterocycles. The molecule has 1 amide bonds. The number of amides is 1. The molecule has 3 rings (SSSR count). The van der Waals surface area contributed by atoms with Crippen molar-refractivity contribution in [2.24, 2.45) is 5.73 Å². The summed E-state index contributed by atoms with van der Waals surface area (Å²) in [5.41, 5.74) is 8.09. The number of primary amides is 1. The van der Waals surface area contributed by atoms with Gasteiger partial charge in [0.1, 0.15) is 17.1 Å². The number of para-hydroxylation sites is 1. The minimum atomic E-state index is -0.481. The first kappa shape index (κ1) is 13.2. The van der Waals surface area contributed by atoms with Crippen LogP contribution in [0.25, 0.3) is 22.4 Å². The summed E-state index contributed by atoms with van der Waals surface area (Å²) in [7, 11) is 0. The summed E-state index contributed by atoms with van der Waals surface area (Å²) in [5, 5.41) is 0. The Labute approximate surface area is 121 Å². The summed E-state index contributed by atoms with van der Waals surface area (Å²) in [4.78, 5) is 19.1. The van der Waals surface area contributed by atoms with Crippen LogP contribution in [-0.4, -0.2) is 22.5 Å². The smallest absolute Gasteiger partial charge is 0.250 e. The third kappa shape index (κ3) is 2.45. The van der Waals surface area contributed by atoms with E-state index >= 15 is 0 Å². The van der Waals surface area contributed by atoms with Gasteiger partial charge in [0.15, 0.2) is 0 Å². The molecule has 5 nitrogen and oxygen atoms in total. The van der Waals surface area contributed by atoms with E-state index in [1.54, 1.807) is 12.1 Å². The van der Waals surface area contributed by atoms with Crippen LogP contribution in [0.2, 0.25) is 0 Å².